The van der Waals surface area contributed by atoms with Crippen molar-refractivity contribution in [3.05, 3.63) is 48.3 Å². The Balaban J connectivity index is 1.82. The molecule has 8 nitrogen and oxygen atoms in total. The fourth-order valence-corrected chi connectivity index (χ4v) is 2.47. The fourth-order valence-electron chi connectivity index (χ4n) is 2.24. The molecule has 0 spiro atoms. The van der Waals surface area contributed by atoms with Gasteiger partial charge < -0.3 is 10.3 Å². The van der Waals surface area contributed by atoms with Crippen molar-refractivity contribution >= 4 is 23.2 Å². The summed E-state index contributed by atoms with van der Waals surface area (Å²) in [4.78, 5) is 18.2. The molecule has 1 aliphatic rings. The standard InChI is InChI=1S/C14H16ClN7O/c1-2-21(13(23)10-20-7-6-17-19-20)12-9-22(18-14(12)15)11-4-3-5-16-8-11/h3-9,17,19H,2,10H2,1H3. The molecule has 3 heterocycles. The summed E-state index contributed by atoms with van der Waals surface area (Å²) < 4.78 is 1.61. The molecular weight excluding hydrogens is 318 g/mol. The molecule has 1 aliphatic heterocycles. The summed E-state index contributed by atoms with van der Waals surface area (Å²) in [5.41, 5.74) is 6.96. The number of halogens is 1. The predicted molar refractivity (Wildman–Crippen MR) is 86.5 cm³/mol. The lowest BCUT2D eigenvalue weighted by Crippen LogP contribution is -2.44. The summed E-state index contributed by atoms with van der Waals surface area (Å²) in [7, 11) is 0. The van der Waals surface area contributed by atoms with Gasteiger partial charge in [-0.05, 0) is 19.1 Å². The van der Waals surface area contributed by atoms with Crippen LogP contribution in [0.4, 0.5) is 5.69 Å². The quantitative estimate of drug-likeness (QED) is 0.852. The molecule has 3 rings (SSSR count). The molecule has 2 N–H and O–H groups in total. The third kappa shape index (κ3) is 3.27. The van der Waals surface area contributed by atoms with Gasteiger partial charge in [-0.25, -0.2) is 4.68 Å². The van der Waals surface area contributed by atoms with Gasteiger partial charge in [-0.15, -0.1) is 5.53 Å². The maximum absolute atomic E-state index is 12.5. The van der Waals surface area contributed by atoms with E-state index in [1.54, 1.807) is 45.6 Å². The van der Waals surface area contributed by atoms with Gasteiger partial charge in [0.25, 0.3) is 0 Å². The van der Waals surface area contributed by atoms with Crippen molar-refractivity contribution in [2.24, 2.45) is 0 Å². The molecule has 23 heavy (non-hydrogen) atoms. The normalized spacial score (nSPS) is 13.2. The van der Waals surface area contributed by atoms with Crippen LogP contribution in [0.25, 0.3) is 5.69 Å². The Morgan fingerprint density at radius 1 is 1.48 bits per heavy atom. The summed E-state index contributed by atoms with van der Waals surface area (Å²) in [5, 5.41) is 6.17. The number of nitrogens with one attached hydrogen (secondary N) is 2. The number of pyridine rings is 1. The largest absolute Gasteiger partial charge is 0.310 e. The average Bonchev–Trinajstić information content (AvgIpc) is 3.19. The average molecular weight is 334 g/mol. The number of amides is 1. The first-order valence-corrected chi connectivity index (χ1v) is 7.47. The molecule has 0 aliphatic carbocycles. The number of likely N-dealkylation sites (N-methyl/N-ethyl adjacent to an activating group) is 1. The molecule has 1 amide bonds. The van der Waals surface area contributed by atoms with Gasteiger partial charge in [0.2, 0.25) is 5.91 Å². The lowest BCUT2D eigenvalue weighted by molar-refractivity contribution is -0.119. The number of anilines is 1. The Hall–Kier alpha value is -2.58. The van der Waals surface area contributed by atoms with E-state index in [0.29, 0.717) is 12.2 Å². The van der Waals surface area contributed by atoms with Crippen LogP contribution in [-0.2, 0) is 4.79 Å². The first kappa shape index (κ1) is 15.3. The molecule has 0 atom stereocenters. The van der Waals surface area contributed by atoms with E-state index in [1.807, 2.05) is 19.1 Å². The number of nitrogens with zero attached hydrogens (tertiary/aromatic N) is 5. The van der Waals surface area contributed by atoms with E-state index in [1.165, 1.54) is 0 Å². The minimum Gasteiger partial charge on any atom is -0.310 e. The molecule has 2 aromatic rings. The molecule has 0 bridgehead atoms. The Kier molecular flexibility index (Phi) is 4.45. The van der Waals surface area contributed by atoms with Crippen molar-refractivity contribution in [3.8, 4) is 5.69 Å². The van der Waals surface area contributed by atoms with E-state index in [-0.39, 0.29) is 17.6 Å². The zero-order valence-corrected chi connectivity index (χ0v) is 13.2. The minimum atomic E-state index is -0.0963. The SMILES string of the molecule is CCN(C(=O)CN1C=CNN1)c1cn(-c2cccnc2)nc1Cl. The van der Waals surface area contributed by atoms with Gasteiger partial charge in [-0.3, -0.25) is 14.8 Å². The van der Waals surface area contributed by atoms with Crippen LogP contribution in [0.1, 0.15) is 6.92 Å². The molecule has 0 aromatic carbocycles. The van der Waals surface area contributed by atoms with Gasteiger partial charge in [0, 0.05) is 25.1 Å². The van der Waals surface area contributed by atoms with E-state index < -0.39 is 0 Å². The topological polar surface area (TPSA) is 78.3 Å². The zero-order valence-electron chi connectivity index (χ0n) is 12.5. The second-order valence-electron chi connectivity index (χ2n) is 4.80. The molecule has 0 fully saturated rings. The first-order chi connectivity index (χ1) is 11.2. The summed E-state index contributed by atoms with van der Waals surface area (Å²) in [5.74, 6) is -0.0963. The van der Waals surface area contributed by atoms with Gasteiger partial charge in [0.15, 0.2) is 5.15 Å². The number of hydrogen-bond acceptors (Lipinski definition) is 6. The van der Waals surface area contributed by atoms with E-state index in [2.05, 4.69) is 21.0 Å². The van der Waals surface area contributed by atoms with Gasteiger partial charge in [-0.2, -0.15) is 5.10 Å². The Morgan fingerprint density at radius 3 is 3.00 bits per heavy atom. The highest BCUT2D eigenvalue weighted by molar-refractivity contribution is 6.32. The lowest BCUT2D eigenvalue weighted by Gasteiger charge is -2.22. The van der Waals surface area contributed by atoms with Crippen LogP contribution >= 0.6 is 11.6 Å². The molecular formula is C14H16ClN7O. The molecule has 0 saturated heterocycles. The third-order valence-electron chi connectivity index (χ3n) is 3.32. The second-order valence-corrected chi connectivity index (χ2v) is 5.16. The second kappa shape index (κ2) is 6.67. The molecule has 0 radical (unpaired) electrons. The number of rotatable bonds is 5. The van der Waals surface area contributed by atoms with Crippen molar-refractivity contribution in [1.29, 1.82) is 0 Å². The maximum Gasteiger partial charge on any atom is 0.248 e. The summed E-state index contributed by atoms with van der Waals surface area (Å²) in [6, 6.07) is 3.68. The van der Waals surface area contributed by atoms with Gasteiger partial charge in [0.1, 0.15) is 12.2 Å². The number of carbonyl (C=O) groups excluding carboxylic acids is 1. The lowest BCUT2D eigenvalue weighted by atomic mass is 10.4. The fraction of sp³-hybridized carbons (Fsp3) is 0.214. The number of aromatic nitrogens is 3. The van der Waals surface area contributed by atoms with Gasteiger partial charge in [0.05, 0.1) is 18.1 Å². The highest BCUT2D eigenvalue weighted by atomic mass is 35.5. The Bertz CT molecular complexity index is 715. The monoisotopic (exact) mass is 333 g/mol. The van der Waals surface area contributed by atoms with Gasteiger partial charge in [-0.1, -0.05) is 11.6 Å². The van der Waals surface area contributed by atoms with Crippen molar-refractivity contribution in [2.45, 2.75) is 6.92 Å². The highest BCUT2D eigenvalue weighted by Gasteiger charge is 2.22. The number of hydrazine groups is 2. The molecule has 2 aromatic heterocycles. The van der Waals surface area contributed by atoms with E-state index in [9.17, 15) is 4.79 Å². The number of hydrogen-bond donors (Lipinski definition) is 2. The summed E-state index contributed by atoms with van der Waals surface area (Å²) in [6.07, 6.45) is 8.54. The minimum absolute atomic E-state index is 0.0963. The van der Waals surface area contributed by atoms with Crippen molar-refractivity contribution < 1.29 is 4.79 Å². The van der Waals surface area contributed by atoms with Crippen LogP contribution < -0.4 is 15.9 Å². The van der Waals surface area contributed by atoms with Crippen LogP contribution in [0.5, 0.6) is 0 Å². The molecule has 0 unspecified atom stereocenters. The van der Waals surface area contributed by atoms with Crippen LogP contribution in [0.15, 0.2) is 43.1 Å². The predicted octanol–water partition coefficient (Wildman–Crippen LogP) is 1.07. The maximum atomic E-state index is 12.5. The van der Waals surface area contributed by atoms with Gasteiger partial charge >= 0.3 is 0 Å². The van der Waals surface area contributed by atoms with E-state index in [4.69, 9.17) is 11.6 Å². The third-order valence-corrected chi connectivity index (χ3v) is 3.59. The molecule has 0 saturated carbocycles. The summed E-state index contributed by atoms with van der Waals surface area (Å²) in [6.45, 7) is 2.55. The van der Waals surface area contributed by atoms with Crippen molar-refractivity contribution in [1.82, 2.24) is 30.7 Å². The van der Waals surface area contributed by atoms with E-state index in [0.717, 1.165) is 5.69 Å². The molecule has 9 heteroatoms. The zero-order chi connectivity index (χ0) is 16.2. The Morgan fingerprint density at radius 2 is 2.35 bits per heavy atom. The van der Waals surface area contributed by atoms with Crippen molar-refractivity contribution in [3.63, 3.8) is 0 Å². The van der Waals surface area contributed by atoms with E-state index >= 15 is 0 Å². The van der Waals surface area contributed by atoms with Crippen LogP contribution in [0, 0.1) is 0 Å². The van der Waals surface area contributed by atoms with Crippen molar-refractivity contribution in [2.75, 3.05) is 18.0 Å². The van der Waals surface area contributed by atoms with Crippen LogP contribution in [-0.4, -0.2) is 38.8 Å². The first-order valence-electron chi connectivity index (χ1n) is 7.09. The number of carbonyl (C=O) groups is 1. The summed E-state index contributed by atoms with van der Waals surface area (Å²) >= 11 is 6.23. The van der Waals surface area contributed by atoms with Crippen LogP contribution in [0.3, 0.4) is 0 Å². The smallest absolute Gasteiger partial charge is 0.248 e. The van der Waals surface area contributed by atoms with Crippen LogP contribution in [0.2, 0.25) is 5.15 Å². The Labute approximate surface area is 138 Å². The molecule has 120 valence electrons. The highest BCUT2D eigenvalue weighted by Crippen LogP contribution is 2.26.